The summed E-state index contributed by atoms with van der Waals surface area (Å²) in [7, 11) is 0. The summed E-state index contributed by atoms with van der Waals surface area (Å²) in [6, 6.07) is 0. The Balaban J connectivity index is 3.29. The van der Waals surface area contributed by atoms with E-state index in [1.54, 1.807) is 0 Å². The average Bonchev–Trinajstić information content (AvgIpc) is 1.84. The van der Waals surface area contributed by atoms with Gasteiger partial charge in [-0.1, -0.05) is 0 Å². The molecule has 0 bridgehead atoms. The second-order valence-corrected chi connectivity index (χ2v) is 6.98. The van der Waals surface area contributed by atoms with Crippen LogP contribution in [0.2, 0.25) is 21.3 Å². The SMILES string of the molecule is C[Se][C@@H](C)[C@@H](C)[Se]C. The first-order valence-corrected chi connectivity index (χ1v) is 8.18. The molecule has 2 heteroatoms. The second kappa shape index (κ2) is 4.88. The van der Waals surface area contributed by atoms with Crippen molar-refractivity contribution < 1.29 is 0 Å². The van der Waals surface area contributed by atoms with Crippen molar-refractivity contribution in [3.63, 3.8) is 0 Å². The van der Waals surface area contributed by atoms with Gasteiger partial charge in [-0.25, -0.2) is 0 Å². The van der Waals surface area contributed by atoms with E-state index in [1.807, 2.05) is 0 Å². The molecular weight excluding hydrogens is 230 g/mol. The monoisotopic (exact) mass is 246 g/mol. The normalized spacial score (nSPS) is 18.0. The molecular formula is C6H14Se2. The van der Waals surface area contributed by atoms with Crippen molar-refractivity contribution in [3.05, 3.63) is 0 Å². The minimum absolute atomic E-state index is 0.872. The molecule has 0 heterocycles. The summed E-state index contributed by atoms with van der Waals surface area (Å²) in [4.78, 5) is 2.01. The molecule has 0 N–H and O–H groups in total. The predicted molar refractivity (Wildman–Crippen MR) is 42.1 cm³/mol. The molecule has 0 aliphatic heterocycles. The predicted octanol–water partition coefficient (Wildman–Crippen LogP) is 2.11. The molecule has 2 atom stereocenters. The fourth-order valence-electron chi connectivity index (χ4n) is 0.383. The van der Waals surface area contributed by atoms with Crippen molar-refractivity contribution in [2.45, 2.75) is 35.1 Å². The van der Waals surface area contributed by atoms with E-state index in [9.17, 15) is 0 Å². The zero-order chi connectivity index (χ0) is 6.57. The van der Waals surface area contributed by atoms with E-state index in [2.05, 4.69) is 25.5 Å². The Labute approximate surface area is 65.1 Å². The van der Waals surface area contributed by atoms with Gasteiger partial charge in [-0.2, -0.15) is 0 Å². The number of hydrogen-bond donors (Lipinski definition) is 0. The molecule has 0 radical (unpaired) electrons. The first kappa shape index (κ1) is 9.04. The van der Waals surface area contributed by atoms with E-state index >= 15 is 0 Å². The maximum absolute atomic E-state index is 2.37. The van der Waals surface area contributed by atoms with Crippen molar-refractivity contribution in [2.24, 2.45) is 0 Å². The van der Waals surface area contributed by atoms with Gasteiger partial charge in [0.15, 0.2) is 0 Å². The third-order valence-corrected chi connectivity index (χ3v) is 7.11. The van der Waals surface area contributed by atoms with E-state index in [0.717, 1.165) is 39.5 Å². The summed E-state index contributed by atoms with van der Waals surface area (Å²) in [5.74, 6) is 4.67. The van der Waals surface area contributed by atoms with Gasteiger partial charge in [0.25, 0.3) is 0 Å². The van der Waals surface area contributed by atoms with Crippen LogP contribution >= 0.6 is 0 Å². The van der Waals surface area contributed by atoms with E-state index in [0.29, 0.717) is 0 Å². The minimum atomic E-state index is 0.872. The quantitative estimate of drug-likeness (QED) is 0.667. The van der Waals surface area contributed by atoms with Gasteiger partial charge in [-0.15, -0.1) is 0 Å². The van der Waals surface area contributed by atoms with Crippen LogP contribution in [0.3, 0.4) is 0 Å². The first-order chi connectivity index (χ1) is 3.72. The molecule has 0 aliphatic rings. The van der Waals surface area contributed by atoms with Gasteiger partial charge in [-0.05, 0) is 0 Å². The first-order valence-electron chi connectivity index (χ1n) is 2.78. The van der Waals surface area contributed by atoms with Crippen LogP contribution in [0.15, 0.2) is 0 Å². The molecule has 0 amide bonds. The number of rotatable bonds is 3. The van der Waals surface area contributed by atoms with Crippen molar-refractivity contribution in [2.75, 3.05) is 0 Å². The van der Waals surface area contributed by atoms with Crippen molar-refractivity contribution in [3.8, 4) is 0 Å². The summed E-state index contributed by atoms with van der Waals surface area (Å²) >= 11 is 1.74. The molecule has 0 spiro atoms. The molecule has 0 aromatic carbocycles. The van der Waals surface area contributed by atoms with Gasteiger partial charge >= 0.3 is 65.0 Å². The molecule has 50 valence electrons. The van der Waals surface area contributed by atoms with Gasteiger partial charge < -0.3 is 0 Å². The van der Waals surface area contributed by atoms with Crippen LogP contribution in [0.4, 0.5) is 0 Å². The molecule has 0 aromatic rings. The molecule has 0 fully saturated rings. The van der Waals surface area contributed by atoms with Gasteiger partial charge in [0.1, 0.15) is 0 Å². The van der Waals surface area contributed by atoms with Gasteiger partial charge in [-0.3, -0.25) is 0 Å². The topological polar surface area (TPSA) is 0 Å². The van der Waals surface area contributed by atoms with E-state index in [1.165, 1.54) is 0 Å². The van der Waals surface area contributed by atoms with Gasteiger partial charge in [0.05, 0.1) is 0 Å². The Morgan fingerprint density at radius 1 is 0.875 bits per heavy atom. The second-order valence-electron chi connectivity index (χ2n) is 1.88. The zero-order valence-electron chi connectivity index (χ0n) is 5.97. The van der Waals surface area contributed by atoms with Crippen LogP contribution in [0.5, 0.6) is 0 Å². The molecule has 8 heavy (non-hydrogen) atoms. The van der Waals surface area contributed by atoms with E-state index < -0.39 is 0 Å². The third kappa shape index (κ3) is 3.14. The molecule has 0 aromatic heterocycles. The van der Waals surface area contributed by atoms with Crippen LogP contribution in [0.25, 0.3) is 0 Å². The van der Waals surface area contributed by atoms with Gasteiger partial charge in [0.2, 0.25) is 0 Å². The zero-order valence-corrected chi connectivity index (χ0v) is 9.40. The molecule has 0 aliphatic carbocycles. The van der Waals surface area contributed by atoms with Crippen LogP contribution in [0.1, 0.15) is 13.8 Å². The van der Waals surface area contributed by atoms with Gasteiger partial charge in [0, 0.05) is 0 Å². The Kier molecular flexibility index (Phi) is 5.51. The molecule has 0 nitrogen and oxygen atoms in total. The van der Waals surface area contributed by atoms with E-state index in [4.69, 9.17) is 0 Å². The fourth-order valence-corrected chi connectivity index (χ4v) is 4.41. The molecule has 0 unspecified atom stereocenters. The fraction of sp³-hybridized carbons (Fsp3) is 1.00. The molecule has 0 saturated heterocycles. The average molecular weight is 244 g/mol. The van der Waals surface area contributed by atoms with E-state index in [-0.39, 0.29) is 0 Å². The van der Waals surface area contributed by atoms with Crippen molar-refractivity contribution >= 4 is 29.9 Å². The third-order valence-electron chi connectivity index (χ3n) is 1.40. The Bertz CT molecular complexity index is 46.5. The van der Waals surface area contributed by atoms with Crippen LogP contribution in [-0.2, 0) is 0 Å². The summed E-state index contributed by atoms with van der Waals surface area (Å²) in [6.07, 6.45) is 0. The summed E-state index contributed by atoms with van der Waals surface area (Å²) in [5, 5.41) is 0. The standard InChI is InChI=1S/C6H14Se2/c1-5(7-3)6(2)8-4/h5-6H,1-4H3/t5-,6+. The van der Waals surface area contributed by atoms with Crippen molar-refractivity contribution in [1.29, 1.82) is 0 Å². The van der Waals surface area contributed by atoms with Crippen LogP contribution in [-0.4, -0.2) is 29.9 Å². The van der Waals surface area contributed by atoms with Crippen molar-refractivity contribution in [1.82, 2.24) is 0 Å². The van der Waals surface area contributed by atoms with Crippen LogP contribution in [0, 0.1) is 0 Å². The molecule has 0 rings (SSSR count). The summed E-state index contributed by atoms with van der Waals surface area (Å²) < 4.78 is 0. The summed E-state index contributed by atoms with van der Waals surface area (Å²) in [6.45, 7) is 4.74. The van der Waals surface area contributed by atoms with Crippen LogP contribution < -0.4 is 0 Å². The Morgan fingerprint density at radius 3 is 1.25 bits per heavy atom. The Hall–Kier alpha value is 1.04. The maximum atomic E-state index is 2.37. The summed E-state index contributed by atoms with van der Waals surface area (Å²) in [5.41, 5.74) is 0. The number of hydrogen-bond acceptors (Lipinski definition) is 0. The Morgan fingerprint density at radius 2 is 1.12 bits per heavy atom. The molecule has 0 saturated carbocycles.